The number of nitrogens with one attached hydrogen (secondary N) is 1. The number of ether oxygens (including phenoxy) is 2. The molecular weight excluding hydrogens is 334 g/mol. The molecule has 1 aromatic carbocycles. The van der Waals surface area contributed by atoms with E-state index in [0.29, 0.717) is 35.3 Å². The quantitative estimate of drug-likeness (QED) is 0.766. The van der Waals surface area contributed by atoms with Crippen LogP contribution in [0.15, 0.2) is 12.1 Å². The third-order valence-electron chi connectivity index (χ3n) is 3.34. The first kappa shape index (κ1) is 20.1. The van der Waals surface area contributed by atoms with Crippen LogP contribution in [0.5, 0.6) is 11.5 Å². The fraction of sp³-hybridized carbons (Fsp3) is 0.500. The Morgan fingerprint density at radius 3 is 2.25 bits per heavy atom. The van der Waals surface area contributed by atoms with Crippen molar-refractivity contribution in [2.75, 3.05) is 53.3 Å². The number of carbonyl (C=O) groups is 2. The number of anilines is 1. The minimum atomic E-state index is -0.327. The van der Waals surface area contributed by atoms with Crippen LogP contribution in [0.3, 0.4) is 0 Å². The second-order valence-corrected chi connectivity index (χ2v) is 5.89. The molecule has 134 valence electrons. The minimum absolute atomic E-state index is 0.0444. The van der Waals surface area contributed by atoms with Crippen molar-refractivity contribution in [3.63, 3.8) is 0 Å². The van der Waals surface area contributed by atoms with Gasteiger partial charge >= 0.3 is 0 Å². The molecule has 0 spiro atoms. The number of nitrogens with zero attached hydrogens (tertiary/aromatic N) is 2. The van der Waals surface area contributed by atoms with Crippen molar-refractivity contribution >= 4 is 29.1 Å². The fourth-order valence-electron chi connectivity index (χ4n) is 1.99. The van der Waals surface area contributed by atoms with Crippen molar-refractivity contribution in [3.8, 4) is 11.5 Å². The standard InChI is InChI=1S/C16H24ClN3O4/c1-11(21)20(7-6-19(2)3)10-16(22)18-13-9-14(23-4)12(17)8-15(13)24-5/h8-9H,6-7,10H2,1-5H3,(H,18,22). The molecule has 7 nitrogen and oxygen atoms in total. The predicted octanol–water partition coefficient (Wildman–Crippen LogP) is 1.71. The number of rotatable bonds is 8. The summed E-state index contributed by atoms with van der Waals surface area (Å²) in [5, 5.41) is 3.10. The molecule has 0 heterocycles. The number of benzene rings is 1. The van der Waals surface area contributed by atoms with Gasteiger partial charge in [0.15, 0.2) is 0 Å². The van der Waals surface area contributed by atoms with E-state index in [1.165, 1.54) is 26.0 Å². The van der Waals surface area contributed by atoms with Gasteiger partial charge in [0.1, 0.15) is 11.5 Å². The Morgan fingerprint density at radius 2 is 1.75 bits per heavy atom. The van der Waals surface area contributed by atoms with Gasteiger partial charge in [-0.3, -0.25) is 9.59 Å². The van der Waals surface area contributed by atoms with E-state index in [0.717, 1.165) is 0 Å². The van der Waals surface area contributed by atoms with Crippen molar-refractivity contribution in [1.29, 1.82) is 0 Å². The summed E-state index contributed by atoms with van der Waals surface area (Å²) in [5.41, 5.74) is 0.430. The number of carbonyl (C=O) groups excluding carboxylic acids is 2. The molecule has 2 amide bonds. The zero-order valence-corrected chi connectivity index (χ0v) is 15.4. The van der Waals surface area contributed by atoms with Crippen LogP contribution < -0.4 is 14.8 Å². The van der Waals surface area contributed by atoms with Crippen LogP contribution in [0.25, 0.3) is 0 Å². The summed E-state index contributed by atoms with van der Waals surface area (Å²) in [5.74, 6) is 0.347. The van der Waals surface area contributed by atoms with Crippen molar-refractivity contribution < 1.29 is 19.1 Å². The normalized spacial score (nSPS) is 10.5. The van der Waals surface area contributed by atoms with Crippen molar-refractivity contribution in [3.05, 3.63) is 17.2 Å². The maximum Gasteiger partial charge on any atom is 0.244 e. The summed E-state index contributed by atoms with van der Waals surface area (Å²) in [4.78, 5) is 27.4. The van der Waals surface area contributed by atoms with Gasteiger partial charge in [0.25, 0.3) is 0 Å². The number of halogens is 1. The average Bonchev–Trinajstić information content (AvgIpc) is 2.52. The monoisotopic (exact) mass is 357 g/mol. The second kappa shape index (κ2) is 9.34. The van der Waals surface area contributed by atoms with Crippen LogP contribution in [-0.4, -0.2) is 69.6 Å². The van der Waals surface area contributed by atoms with Gasteiger partial charge in [-0.15, -0.1) is 0 Å². The van der Waals surface area contributed by atoms with E-state index in [2.05, 4.69) is 5.32 Å². The van der Waals surface area contributed by atoms with E-state index < -0.39 is 0 Å². The summed E-state index contributed by atoms with van der Waals surface area (Å²) in [6.07, 6.45) is 0. The Bertz CT molecular complexity index is 593. The van der Waals surface area contributed by atoms with Gasteiger partial charge in [-0.25, -0.2) is 0 Å². The predicted molar refractivity (Wildman–Crippen MR) is 94.0 cm³/mol. The molecule has 0 aromatic heterocycles. The Hall–Kier alpha value is -1.99. The molecule has 1 aromatic rings. The molecule has 1 N–H and O–H groups in total. The van der Waals surface area contributed by atoms with Crippen LogP contribution in [-0.2, 0) is 9.59 Å². The first-order chi connectivity index (χ1) is 11.3. The molecule has 1 rings (SSSR count). The molecule has 0 bridgehead atoms. The van der Waals surface area contributed by atoms with Gasteiger partial charge in [-0.1, -0.05) is 11.6 Å². The van der Waals surface area contributed by atoms with Gasteiger partial charge < -0.3 is 24.6 Å². The molecule has 0 radical (unpaired) electrons. The Kier molecular flexibility index (Phi) is 7.81. The SMILES string of the molecule is COc1cc(NC(=O)CN(CCN(C)C)C(C)=O)c(OC)cc1Cl. The molecule has 0 fully saturated rings. The Morgan fingerprint density at radius 1 is 1.12 bits per heavy atom. The highest BCUT2D eigenvalue weighted by molar-refractivity contribution is 6.32. The lowest BCUT2D eigenvalue weighted by atomic mass is 10.2. The van der Waals surface area contributed by atoms with Crippen LogP contribution in [0.2, 0.25) is 5.02 Å². The average molecular weight is 358 g/mol. The van der Waals surface area contributed by atoms with Crippen LogP contribution in [0, 0.1) is 0 Å². The van der Waals surface area contributed by atoms with Gasteiger partial charge in [-0.2, -0.15) is 0 Å². The summed E-state index contributed by atoms with van der Waals surface area (Å²) < 4.78 is 10.4. The maximum absolute atomic E-state index is 12.3. The van der Waals surface area contributed by atoms with E-state index in [4.69, 9.17) is 21.1 Å². The van der Waals surface area contributed by atoms with Gasteiger partial charge in [0, 0.05) is 32.1 Å². The summed E-state index contributed by atoms with van der Waals surface area (Å²) in [7, 11) is 6.78. The molecule has 0 saturated carbocycles. The van der Waals surface area contributed by atoms with Crippen molar-refractivity contribution in [2.24, 2.45) is 0 Å². The lowest BCUT2D eigenvalue weighted by molar-refractivity contribution is -0.132. The molecule has 0 aliphatic heterocycles. The fourth-order valence-corrected chi connectivity index (χ4v) is 2.22. The third kappa shape index (κ3) is 5.90. The molecule has 8 heteroatoms. The summed E-state index contributed by atoms with van der Waals surface area (Å²) in [6, 6.07) is 3.14. The number of hydrogen-bond acceptors (Lipinski definition) is 5. The van der Waals surface area contributed by atoms with Crippen LogP contribution in [0.1, 0.15) is 6.92 Å². The molecule has 24 heavy (non-hydrogen) atoms. The van der Waals surface area contributed by atoms with E-state index in [9.17, 15) is 9.59 Å². The third-order valence-corrected chi connectivity index (χ3v) is 3.64. The van der Waals surface area contributed by atoms with Crippen LogP contribution in [0.4, 0.5) is 5.69 Å². The number of methoxy groups -OCH3 is 2. The second-order valence-electron chi connectivity index (χ2n) is 5.48. The van der Waals surface area contributed by atoms with Crippen molar-refractivity contribution in [1.82, 2.24) is 9.80 Å². The number of likely N-dealkylation sites (N-methyl/N-ethyl adjacent to an activating group) is 1. The molecule has 0 unspecified atom stereocenters. The topological polar surface area (TPSA) is 71.1 Å². The highest BCUT2D eigenvalue weighted by Crippen LogP contribution is 2.35. The number of amides is 2. The maximum atomic E-state index is 12.3. The Balaban J connectivity index is 2.84. The first-order valence-electron chi connectivity index (χ1n) is 7.40. The minimum Gasteiger partial charge on any atom is -0.495 e. The van der Waals surface area contributed by atoms with Gasteiger partial charge in [0.2, 0.25) is 11.8 Å². The molecule has 0 aliphatic rings. The van der Waals surface area contributed by atoms with E-state index >= 15 is 0 Å². The van der Waals surface area contributed by atoms with Gasteiger partial charge in [-0.05, 0) is 14.1 Å². The first-order valence-corrected chi connectivity index (χ1v) is 7.77. The molecule has 0 saturated heterocycles. The van der Waals surface area contributed by atoms with Crippen molar-refractivity contribution in [2.45, 2.75) is 6.92 Å². The molecule has 0 aliphatic carbocycles. The van der Waals surface area contributed by atoms with E-state index in [1.807, 2.05) is 19.0 Å². The van der Waals surface area contributed by atoms with Gasteiger partial charge in [0.05, 0.1) is 31.5 Å². The highest BCUT2D eigenvalue weighted by atomic mass is 35.5. The lowest BCUT2D eigenvalue weighted by Gasteiger charge is -2.22. The Labute approximate surface area is 147 Å². The summed E-state index contributed by atoms with van der Waals surface area (Å²) in [6.45, 7) is 2.54. The van der Waals surface area contributed by atoms with Crippen LogP contribution >= 0.6 is 11.6 Å². The van der Waals surface area contributed by atoms with E-state index in [1.54, 1.807) is 12.1 Å². The van der Waals surface area contributed by atoms with E-state index in [-0.39, 0.29) is 18.4 Å². The lowest BCUT2D eigenvalue weighted by Crippen LogP contribution is -2.40. The molecule has 0 atom stereocenters. The smallest absolute Gasteiger partial charge is 0.244 e. The zero-order chi connectivity index (χ0) is 18.3. The molecular formula is C16H24ClN3O4. The summed E-state index contributed by atoms with van der Waals surface area (Å²) >= 11 is 6.04. The largest absolute Gasteiger partial charge is 0.495 e. The highest BCUT2D eigenvalue weighted by Gasteiger charge is 2.17. The zero-order valence-electron chi connectivity index (χ0n) is 14.7. The number of hydrogen-bond donors (Lipinski definition) is 1.